The Kier molecular flexibility index (Phi) is 6.09. The van der Waals surface area contributed by atoms with E-state index in [1.165, 1.54) is 0 Å². The van der Waals surface area contributed by atoms with Crippen LogP contribution in [0.4, 0.5) is 5.69 Å². The molecule has 5 rings (SSSR count). The van der Waals surface area contributed by atoms with Crippen LogP contribution in [-0.4, -0.2) is 20.7 Å². The molecule has 0 saturated heterocycles. The molecule has 0 atom stereocenters. The van der Waals surface area contributed by atoms with E-state index in [2.05, 4.69) is 21.5 Å². The standard InChI is InChI=1S/C29H24N4O2/c1-20-13-14-21(2)26(19-20)33-28(22-9-5-3-6-10-22)31-27(32-33)29(34)30-23-15-17-25(18-16-23)35-24-11-7-4-8-12-24/h3-19H,1-2H3,(H,30,34). The quantitative estimate of drug-likeness (QED) is 0.310. The number of amides is 1. The number of benzene rings is 4. The Bertz CT molecular complexity index is 1460. The molecule has 35 heavy (non-hydrogen) atoms. The Morgan fingerprint density at radius 2 is 1.46 bits per heavy atom. The van der Waals surface area contributed by atoms with Gasteiger partial charge in [0.2, 0.25) is 5.82 Å². The summed E-state index contributed by atoms with van der Waals surface area (Å²) in [7, 11) is 0. The lowest BCUT2D eigenvalue weighted by molar-refractivity contribution is 0.101. The maximum Gasteiger partial charge on any atom is 0.295 e. The smallest absolute Gasteiger partial charge is 0.295 e. The number of aryl methyl sites for hydroxylation is 2. The van der Waals surface area contributed by atoms with E-state index in [4.69, 9.17) is 4.74 Å². The van der Waals surface area contributed by atoms with Gasteiger partial charge in [0.05, 0.1) is 5.69 Å². The van der Waals surface area contributed by atoms with Crippen LogP contribution in [0.5, 0.6) is 11.5 Å². The van der Waals surface area contributed by atoms with Gasteiger partial charge in [-0.15, -0.1) is 5.10 Å². The highest BCUT2D eigenvalue weighted by atomic mass is 16.5. The normalized spacial score (nSPS) is 10.7. The number of hydrogen-bond donors (Lipinski definition) is 1. The van der Waals surface area contributed by atoms with Gasteiger partial charge in [-0.3, -0.25) is 4.79 Å². The van der Waals surface area contributed by atoms with E-state index in [1.54, 1.807) is 28.9 Å². The minimum Gasteiger partial charge on any atom is -0.457 e. The summed E-state index contributed by atoms with van der Waals surface area (Å²) < 4.78 is 7.56. The second-order valence-electron chi connectivity index (χ2n) is 8.22. The van der Waals surface area contributed by atoms with Crippen LogP contribution in [0.3, 0.4) is 0 Å². The van der Waals surface area contributed by atoms with Crippen LogP contribution >= 0.6 is 0 Å². The Morgan fingerprint density at radius 3 is 2.17 bits per heavy atom. The molecule has 0 fully saturated rings. The number of aromatic nitrogens is 3. The first-order chi connectivity index (χ1) is 17.1. The van der Waals surface area contributed by atoms with Crippen LogP contribution in [0.1, 0.15) is 21.7 Å². The third kappa shape index (κ3) is 4.96. The summed E-state index contributed by atoms with van der Waals surface area (Å²) in [4.78, 5) is 17.7. The van der Waals surface area contributed by atoms with Crippen molar-refractivity contribution < 1.29 is 9.53 Å². The molecule has 1 N–H and O–H groups in total. The van der Waals surface area contributed by atoms with Gasteiger partial charge in [0.1, 0.15) is 11.5 Å². The molecule has 0 aliphatic carbocycles. The monoisotopic (exact) mass is 460 g/mol. The molecule has 1 aromatic heterocycles. The molecule has 172 valence electrons. The fourth-order valence-electron chi connectivity index (χ4n) is 3.72. The minimum atomic E-state index is -0.386. The zero-order valence-corrected chi connectivity index (χ0v) is 19.5. The first kappa shape index (κ1) is 22.1. The van der Waals surface area contributed by atoms with E-state index in [-0.39, 0.29) is 11.7 Å². The highest BCUT2D eigenvalue weighted by Crippen LogP contribution is 2.25. The van der Waals surface area contributed by atoms with Crippen molar-refractivity contribution in [1.82, 2.24) is 14.8 Å². The van der Waals surface area contributed by atoms with Crippen molar-refractivity contribution in [2.24, 2.45) is 0 Å². The molecular weight excluding hydrogens is 436 g/mol. The number of rotatable bonds is 6. The fraction of sp³-hybridized carbons (Fsp3) is 0.0690. The molecule has 4 aromatic carbocycles. The Labute approximate surface area is 203 Å². The number of anilines is 1. The Morgan fingerprint density at radius 1 is 0.800 bits per heavy atom. The summed E-state index contributed by atoms with van der Waals surface area (Å²) in [5.74, 6) is 1.74. The van der Waals surface area contributed by atoms with Crippen LogP contribution in [0, 0.1) is 13.8 Å². The van der Waals surface area contributed by atoms with E-state index in [0.717, 1.165) is 28.1 Å². The Hall–Kier alpha value is -4.71. The highest BCUT2D eigenvalue weighted by molar-refractivity contribution is 6.01. The van der Waals surface area contributed by atoms with Crippen LogP contribution < -0.4 is 10.1 Å². The van der Waals surface area contributed by atoms with Crippen molar-refractivity contribution in [3.8, 4) is 28.6 Å². The zero-order chi connectivity index (χ0) is 24.2. The maximum atomic E-state index is 13.1. The van der Waals surface area contributed by atoms with Gasteiger partial charge in [0, 0.05) is 11.3 Å². The molecule has 1 heterocycles. The average Bonchev–Trinajstić information content (AvgIpc) is 3.33. The SMILES string of the molecule is Cc1ccc(C)c(-n2nc(C(=O)Nc3ccc(Oc4ccccc4)cc3)nc2-c2ccccc2)c1. The number of nitrogens with one attached hydrogen (secondary N) is 1. The topological polar surface area (TPSA) is 69.0 Å². The van der Waals surface area contributed by atoms with E-state index < -0.39 is 0 Å². The van der Waals surface area contributed by atoms with Crippen molar-refractivity contribution >= 4 is 11.6 Å². The molecule has 0 radical (unpaired) electrons. The molecular formula is C29H24N4O2. The van der Waals surface area contributed by atoms with Crippen molar-refractivity contribution in [3.05, 3.63) is 120 Å². The fourth-order valence-corrected chi connectivity index (χ4v) is 3.72. The lowest BCUT2D eigenvalue weighted by atomic mass is 10.1. The van der Waals surface area contributed by atoms with Crippen LogP contribution in [0.2, 0.25) is 0 Å². The Balaban J connectivity index is 1.42. The summed E-state index contributed by atoms with van der Waals surface area (Å²) in [6.45, 7) is 4.05. The first-order valence-electron chi connectivity index (χ1n) is 11.3. The summed E-state index contributed by atoms with van der Waals surface area (Å²) in [6.07, 6.45) is 0. The van der Waals surface area contributed by atoms with E-state index >= 15 is 0 Å². The maximum absolute atomic E-state index is 13.1. The second kappa shape index (κ2) is 9.65. The van der Waals surface area contributed by atoms with E-state index in [9.17, 15) is 4.79 Å². The van der Waals surface area contributed by atoms with E-state index in [1.807, 2.05) is 86.6 Å². The van der Waals surface area contributed by atoms with Gasteiger partial charge in [-0.1, -0.05) is 60.7 Å². The number of para-hydroxylation sites is 1. The summed E-state index contributed by atoms with van der Waals surface area (Å²) in [5, 5.41) is 7.48. The number of nitrogens with zero attached hydrogens (tertiary/aromatic N) is 3. The van der Waals surface area contributed by atoms with Crippen molar-refractivity contribution in [2.45, 2.75) is 13.8 Å². The lowest BCUT2D eigenvalue weighted by Crippen LogP contribution is -2.14. The molecule has 0 saturated carbocycles. The van der Waals surface area contributed by atoms with Crippen molar-refractivity contribution in [2.75, 3.05) is 5.32 Å². The zero-order valence-electron chi connectivity index (χ0n) is 19.5. The van der Waals surface area contributed by atoms with Gasteiger partial charge in [-0.25, -0.2) is 9.67 Å². The van der Waals surface area contributed by atoms with Gasteiger partial charge >= 0.3 is 0 Å². The number of carbonyl (C=O) groups is 1. The van der Waals surface area contributed by atoms with Crippen molar-refractivity contribution in [3.63, 3.8) is 0 Å². The van der Waals surface area contributed by atoms with E-state index in [0.29, 0.717) is 17.3 Å². The van der Waals surface area contributed by atoms with Gasteiger partial charge in [0.25, 0.3) is 5.91 Å². The third-order valence-corrected chi connectivity index (χ3v) is 5.53. The molecule has 0 bridgehead atoms. The molecule has 6 nitrogen and oxygen atoms in total. The summed E-state index contributed by atoms with van der Waals surface area (Å²) in [6, 6.07) is 32.6. The largest absolute Gasteiger partial charge is 0.457 e. The molecule has 0 aliphatic heterocycles. The van der Waals surface area contributed by atoms with Crippen LogP contribution in [-0.2, 0) is 0 Å². The van der Waals surface area contributed by atoms with Crippen LogP contribution in [0.15, 0.2) is 103 Å². The van der Waals surface area contributed by atoms with Gasteiger partial charge in [-0.05, 0) is 67.4 Å². The second-order valence-corrected chi connectivity index (χ2v) is 8.22. The van der Waals surface area contributed by atoms with Gasteiger partial charge < -0.3 is 10.1 Å². The predicted molar refractivity (Wildman–Crippen MR) is 137 cm³/mol. The molecule has 0 unspecified atom stereocenters. The minimum absolute atomic E-state index is 0.0920. The number of hydrogen-bond acceptors (Lipinski definition) is 4. The molecule has 0 spiro atoms. The number of carbonyl (C=O) groups excluding carboxylic acids is 1. The molecule has 5 aromatic rings. The highest BCUT2D eigenvalue weighted by Gasteiger charge is 2.20. The van der Waals surface area contributed by atoms with Gasteiger partial charge in [-0.2, -0.15) is 0 Å². The van der Waals surface area contributed by atoms with Crippen molar-refractivity contribution in [1.29, 1.82) is 0 Å². The molecule has 0 aliphatic rings. The summed E-state index contributed by atoms with van der Waals surface area (Å²) >= 11 is 0. The average molecular weight is 461 g/mol. The predicted octanol–water partition coefficient (Wildman–Crippen LogP) is 6.60. The van der Waals surface area contributed by atoms with Crippen LogP contribution in [0.25, 0.3) is 17.1 Å². The first-order valence-corrected chi connectivity index (χ1v) is 11.3. The molecule has 6 heteroatoms. The lowest BCUT2D eigenvalue weighted by Gasteiger charge is -2.10. The molecule has 1 amide bonds. The number of ether oxygens (including phenoxy) is 1. The summed E-state index contributed by atoms with van der Waals surface area (Å²) in [5.41, 5.74) is 4.53. The van der Waals surface area contributed by atoms with Gasteiger partial charge in [0.15, 0.2) is 5.82 Å². The third-order valence-electron chi connectivity index (χ3n) is 5.53.